The van der Waals surface area contributed by atoms with Crippen LogP contribution in [0.5, 0.6) is 0 Å². The summed E-state index contributed by atoms with van der Waals surface area (Å²) in [7, 11) is 0. The van der Waals surface area contributed by atoms with Crippen LogP contribution in [0.3, 0.4) is 0 Å². The van der Waals surface area contributed by atoms with Crippen LogP contribution in [0.2, 0.25) is 0 Å². The molecule has 64 valence electrons. The van der Waals surface area contributed by atoms with Crippen LogP contribution in [0.15, 0.2) is 12.7 Å². The van der Waals surface area contributed by atoms with Gasteiger partial charge in [0.05, 0.1) is 12.7 Å². The first-order valence-corrected chi connectivity index (χ1v) is 3.37. The molecule has 1 unspecified atom stereocenters. The summed E-state index contributed by atoms with van der Waals surface area (Å²) in [6, 6.07) is 0. The second-order valence-electron chi connectivity index (χ2n) is 2.13. The van der Waals surface area contributed by atoms with Gasteiger partial charge in [0.2, 0.25) is 5.91 Å². The van der Waals surface area contributed by atoms with Gasteiger partial charge in [-0.2, -0.15) is 0 Å². The number of aliphatic hydroxyl groups excluding tert-OH is 2. The van der Waals surface area contributed by atoms with Crippen LogP contribution in [0, 0.1) is 0 Å². The Morgan fingerprint density at radius 2 is 2.36 bits per heavy atom. The van der Waals surface area contributed by atoms with Gasteiger partial charge >= 0.3 is 0 Å². The predicted octanol–water partition coefficient (Wildman–Crippen LogP) is -0.968. The number of hydrogen-bond acceptors (Lipinski definition) is 3. The summed E-state index contributed by atoms with van der Waals surface area (Å²) in [5.74, 6) is -0.201. The van der Waals surface area contributed by atoms with Crippen LogP contribution in [0.25, 0.3) is 0 Å². The van der Waals surface area contributed by atoms with Gasteiger partial charge in [0.15, 0.2) is 0 Å². The molecular formula is C7H13NO3. The van der Waals surface area contributed by atoms with Crippen molar-refractivity contribution >= 4 is 5.91 Å². The lowest BCUT2D eigenvalue weighted by molar-refractivity contribution is -0.120. The van der Waals surface area contributed by atoms with E-state index >= 15 is 0 Å². The Bertz CT molecular complexity index is 136. The van der Waals surface area contributed by atoms with Gasteiger partial charge in [0, 0.05) is 13.0 Å². The topological polar surface area (TPSA) is 69.6 Å². The van der Waals surface area contributed by atoms with E-state index < -0.39 is 6.10 Å². The van der Waals surface area contributed by atoms with Crippen LogP contribution in [0.4, 0.5) is 0 Å². The average molecular weight is 159 g/mol. The highest BCUT2D eigenvalue weighted by Crippen LogP contribution is 1.81. The van der Waals surface area contributed by atoms with E-state index in [4.69, 9.17) is 10.2 Å². The Labute approximate surface area is 65.5 Å². The molecule has 0 spiro atoms. The molecule has 1 amide bonds. The SMILES string of the molecule is C=CCC(=O)NCC(O)CO. The van der Waals surface area contributed by atoms with E-state index in [1.54, 1.807) is 0 Å². The molecule has 0 aliphatic carbocycles. The minimum absolute atomic E-state index is 0.0865. The van der Waals surface area contributed by atoms with Gasteiger partial charge in [0.25, 0.3) is 0 Å². The fraction of sp³-hybridized carbons (Fsp3) is 0.571. The molecule has 0 saturated heterocycles. The number of rotatable bonds is 5. The molecule has 0 saturated carbocycles. The molecule has 0 aliphatic rings. The molecule has 3 N–H and O–H groups in total. The van der Waals surface area contributed by atoms with Crippen molar-refractivity contribution < 1.29 is 15.0 Å². The first-order valence-electron chi connectivity index (χ1n) is 3.37. The average Bonchev–Trinajstić information content (AvgIpc) is 2.01. The number of aliphatic hydroxyl groups is 2. The number of nitrogens with one attached hydrogen (secondary N) is 1. The van der Waals surface area contributed by atoms with Crippen LogP contribution in [0.1, 0.15) is 6.42 Å². The van der Waals surface area contributed by atoms with Crippen LogP contribution < -0.4 is 5.32 Å². The molecule has 4 heteroatoms. The normalized spacial score (nSPS) is 12.2. The first kappa shape index (κ1) is 10.1. The van der Waals surface area contributed by atoms with Crippen molar-refractivity contribution in [3.05, 3.63) is 12.7 Å². The molecule has 0 heterocycles. The van der Waals surface area contributed by atoms with Gasteiger partial charge in [-0.15, -0.1) is 6.58 Å². The monoisotopic (exact) mass is 159 g/mol. The zero-order valence-corrected chi connectivity index (χ0v) is 6.29. The summed E-state index contributed by atoms with van der Waals surface area (Å²) in [5, 5.41) is 19.6. The molecule has 4 nitrogen and oxygen atoms in total. The summed E-state index contributed by atoms with van der Waals surface area (Å²) >= 11 is 0. The quantitative estimate of drug-likeness (QED) is 0.452. The van der Waals surface area contributed by atoms with Gasteiger partial charge in [-0.1, -0.05) is 6.08 Å². The molecule has 0 aromatic rings. The maximum atomic E-state index is 10.7. The molecule has 0 aliphatic heterocycles. The third-order valence-electron chi connectivity index (χ3n) is 1.08. The van der Waals surface area contributed by atoms with E-state index in [1.807, 2.05) is 0 Å². The van der Waals surface area contributed by atoms with E-state index in [-0.39, 0.29) is 25.5 Å². The molecule has 1 atom stereocenters. The Morgan fingerprint density at radius 1 is 1.73 bits per heavy atom. The van der Waals surface area contributed by atoms with Crippen molar-refractivity contribution in [2.75, 3.05) is 13.2 Å². The smallest absolute Gasteiger partial charge is 0.223 e. The lowest BCUT2D eigenvalue weighted by Crippen LogP contribution is -2.33. The number of amides is 1. The maximum absolute atomic E-state index is 10.7. The van der Waals surface area contributed by atoms with E-state index in [9.17, 15) is 4.79 Å². The summed E-state index contributed by atoms with van der Waals surface area (Å²) in [6.45, 7) is 3.12. The van der Waals surface area contributed by atoms with Gasteiger partial charge in [-0.05, 0) is 0 Å². The third-order valence-corrected chi connectivity index (χ3v) is 1.08. The lowest BCUT2D eigenvalue weighted by Gasteiger charge is -2.07. The van der Waals surface area contributed by atoms with Crippen molar-refractivity contribution in [3.8, 4) is 0 Å². The van der Waals surface area contributed by atoms with Crippen molar-refractivity contribution in [1.82, 2.24) is 5.32 Å². The molecule has 0 aromatic heterocycles. The van der Waals surface area contributed by atoms with Crippen molar-refractivity contribution in [2.45, 2.75) is 12.5 Å². The molecular weight excluding hydrogens is 146 g/mol. The lowest BCUT2D eigenvalue weighted by atomic mass is 10.3. The molecule has 0 aromatic carbocycles. The summed E-state index contributed by atoms with van der Waals surface area (Å²) in [6.07, 6.45) is 0.836. The van der Waals surface area contributed by atoms with E-state index in [0.717, 1.165) is 0 Å². The number of carbonyl (C=O) groups is 1. The molecule has 11 heavy (non-hydrogen) atoms. The first-order chi connectivity index (χ1) is 5.20. The van der Waals surface area contributed by atoms with Gasteiger partial charge in [0.1, 0.15) is 0 Å². The van der Waals surface area contributed by atoms with E-state index in [0.29, 0.717) is 0 Å². The highest BCUT2D eigenvalue weighted by molar-refractivity contribution is 5.77. The zero-order chi connectivity index (χ0) is 8.69. The Morgan fingerprint density at radius 3 is 2.82 bits per heavy atom. The van der Waals surface area contributed by atoms with Crippen molar-refractivity contribution in [3.63, 3.8) is 0 Å². The standard InChI is InChI=1S/C7H13NO3/c1-2-3-7(11)8-4-6(10)5-9/h2,6,9-10H,1,3-5H2,(H,8,11). The molecule has 0 radical (unpaired) electrons. The van der Waals surface area contributed by atoms with Crippen molar-refractivity contribution in [1.29, 1.82) is 0 Å². The fourth-order valence-corrected chi connectivity index (χ4v) is 0.499. The van der Waals surface area contributed by atoms with E-state index in [2.05, 4.69) is 11.9 Å². The second kappa shape index (κ2) is 5.88. The Hall–Kier alpha value is -0.870. The highest BCUT2D eigenvalue weighted by atomic mass is 16.3. The van der Waals surface area contributed by atoms with Gasteiger partial charge in [-0.25, -0.2) is 0 Å². The summed E-state index contributed by atoms with van der Waals surface area (Å²) < 4.78 is 0. The second-order valence-corrected chi connectivity index (χ2v) is 2.13. The van der Waals surface area contributed by atoms with Crippen molar-refractivity contribution in [2.24, 2.45) is 0 Å². The maximum Gasteiger partial charge on any atom is 0.223 e. The number of carbonyl (C=O) groups excluding carboxylic acids is 1. The number of hydrogen-bond donors (Lipinski definition) is 3. The summed E-state index contributed by atoms with van der Waals surface area (Å²) in [4.78, 5) is 10.7. The van der Waals surface area contributed by atoms with Crippen LogP contribution in [-0.4, -0.2) is 35.4 Å². The third kappa shape index (κ3) is 5.57. The van der Waals surface area contributed by atoms with Gasteiger partial charge in [-0.3, -0.25) is 4.79 Å². The highest BCUT2D eigenvalue weighted by Gasteiger charge is 2.02. The van der Waals surface area contributed by atoms with E-state index in [1.165, 1.54) is 6.08 Å². The minimum atomic E-state index is -0.872. The molecule has 0 rings (SSSR count). The molecule has 0 bridgehead atoms. The minimum Gasteiger partial charge on any atom is -0.394 e. The molecule has 0 fully saturated rings. The Kier molecular flexibility index (Phi) is 5.42. The van der Waals surface area contributed by atoms with Crippen LogP contribution >= 0.6 is 0 Å². The fourth-order valence-electron chi connectivity index (χ4n) is 0.499. The summed E-state index contributed by atoms with van der Waals surface area (Å²) in [5.41, 5.74) is 0. The van der Waals surface area contributed by atoms with Gasteiger partial charge < -0.3 is 15.5 Å². The largest absolute Gasteiger partial charge is 0.394 e. The predicted molar refractivity (Wildman–Crippen MR) is 40.9 cm³/mol. The Balaban J connectivity index is 3.37. The van der Waals surface area contributed by atoms with Crippen LogP contribution in [-0.2, 0) is 4.79 Å². The zero-order valence-electron chi connectivity index (χ0n) is 6.29.